The molecule has 1 aromatic heterocycles. The third-order valence-electron chi connectivity index (χ3n) is 7.82. The lowest BCUT2D eigenvalue weighted by molar-refractivity contribution is 0.215. The molecule has 0 spiro atoms. The molecule has 1 aliphatic carbocycles. The Kier molecular flexibility index (Phi) is 9.91. The topological polar surface area (TPSA) is 19.4 Å². The zero-order chi connectivity index (χ0) is 27.1. The number of rotatable bonds is 9. The molecule has 0 amide bonds. The summed E-state index contributed by atoms with van der Waals surface area (Å²) in [7, 11) is 0. The summed E-state index contributed by atoms with van der Waals surface area (Å²) in [6.07, 6.45) is 9.34. The van der Waals surface area contributed by atoms with E-state index in [9.17, 15) is 0 Å². The molecule has 1 aliphatic heterocycles. The first-order valence-electron chi connectivity index (χ1n) is 14.4. The van der Waals surface area contributed by atoms with Gasteiger partial charge < -0.3 is 9.80 Å². The Labute approximate surface area is 235 Å². The highest BCUT2D eigenvalue weighted by Crippen LogP contribution is 2.34. The minimum atomic E-state index is 0.737. The van der Waals surface area contributed by atoms with Crippen LogP contribution < -0.4 is 0 Å². The number of fused-ring (bicyclic) bond motifs is 1. The molecule has 0 unspecified atom stereocenters. The predicted molar refractivity (Wildman–Crippen MR) is 165 cm³/mol. The van der Waals surface area contributed by atoms with Crippen LogP contribution in [-0.2, 0) is 6.42 Å². The summed E-state index contributed by atoms with van der Waals surface area (Å²) in [4.78, 5) is 9.67. The van der Waals surface area contributed by atoms with E-state index in [1.54, 1.807) is 0 Å². The molecule has 0 N–H and O–H groups in total. The molecular weight excluding hydrogens is 486 g/mol. The average Bonchev–Trinajstić information content (AvgIpc) is 3.77. The second-order valence-electron chi connectivity index (χ2n) is 10.9. The third-order valence-corrected chi connectivity index (χ3v) is 8.13. The molecule has 202 valence electrons. The highest BCUT2D eigenvalue weighted by atomic mass is 35.5. The lowest BCUT2D eigenvalue weighted by atomic mass is 10.0. The van der Waals surface area contributed by atoms with E-state index >= 15 is 0 Å². The van der Waals surface area contributed by atoms with Gasteiger partial charge in [0.25, 0.3) is 0 Å². The van der Waals surface area contributed by atoms with Crippen LogP contribution in [0.1, 0.15) is 70.4 Å². The Balaban J connectivity index is 0.000000786. The number of unbranched alkanes of at least 4 members (excludes halogenated alkanes) is 1. The Morgan fingerprint density at radius 2 is 1.58 bits per heavy atom. The molecule has 38 heavy (non-hydrogen) atoms. The van der Waals surface area contributed by atoms with Crippen LogP contribution in [0.2, 0.25) is 5.02 Å². The summed E-state index contributed by atoms with van der Waals surface area (Å²) in [6, 6.07) is 17.1. The van der Waals surface area contributed by atoms with Crippen molar-refractivity contribution < 1.29 is 0 Å². The van der Waals surface area contributed by atoms with Crippen molar-refractivity contribution in [2.24, 2.45) is 5.92 Å². The molecule has 0 bridgehead atoms. The number of piperazine rings is 1. The second-order valence-corrected chi connectivity index (χ2v) is 11.3. The van der Waals surface area contributed by atoms with Gasteiger partial charge >= 0.3 is 0 Å². The van der Waals surface area contributed by atoms with Crippen LogP contribution in [0, 0.1) is 5.92 Å². The predicted octanol–water partition coefficient (Wildman–Crippen LogP) is 9.22. The van der Waals surface area contributed by atoms with Gasteiger partial charge in [0.1, 0.15) is 0 Å². The minimum absolute atomic E-state index is 0.737. The molecular formula is C34H44ClN3. The molecule has 2 aliphatic rings. The fourth-order valence-electron chi connectivity index (χ4n) is 4.90. The van der Waals surface area contributed by atoms with Gasteiger partial charge in [0.15, 0.2) is 0 Å². The number of hydrogen-bond donors (Lipinski definition) is 0. The molecule has 3 nitrogen and oxygen atoms in total. The standard InChI is InChI=1S/C30H34ClN3.C4H10/c1-21(2)33-15-17-34(18-16-33)22(3)26-13-14-27-28(31)20-29(32-30(27)19-26)25-11-9-24(10-12-25)6-4-5-23-7-8-23;1-3-4-2/h9-14,19-20,23H,1,3-8,15-18H2,2H3;3-4H2,1-2H3. The summed E-state index contributed by atoms with van der Waals surface area (Å²) in [6.45, 7) is 18.8. The van der Waals surface area contributed by atoms with Gasteiger partial charge in [-0.3, -0.25) is 0 Å². The summed E-state index contributed by atoms with van der Waals surface area (Å²) < 4.78 is 0. The second kappa shape index (κ2) is 13.3. The van der Waals surface area contributed by atoms with Gasteiger partial charge in [-0.25, -0.2) is 4.98 Å². The number of aryl methyl sites for hydroxylation is 1. The van der Waals surface area contributed by atoms with Crippen molar-refractivity contribution in [2.45, 2.75) is 65.7 Å². The largest absolute Gasteiger partial charge is 0.372 e. The van der Waals surface area contributed by atoms with E-state index < -0.39 is 0 Å². The molecule has 2 fully saturated rings. The normalized spacial score (nSPS) is 15.3. The Morgan fingerprint density at radius 3 is 2.18 bits per heavy atom. The summed E-state index contributed by atoms with van der Waals surface area (Å²) in [5.41, 5.74) is 7.62. The van der Waals surface area contributed by atoms with Crippen molar-refractivity contribution in [3.63, 3.8) is 0 Å². The van der Waals surface area contributed by atoms with Gasteiger partial charge in [-0.1, -0.05) is 107 Å². The van der Waals surface area contributed by atoms with Crippen LogP contribution in [0.5, 0.6) is 0 Å². The van der Waals surface area contributed by atoms with Crippen molar-refractivity contribution in [3.05, 3.63) is 83.5 Å². The van der Waals surface area contributed by atoms with E-state index in [1.807, 2.05) is 6.07 Å². The van der Waals surface area contributed by atoms with Crippen LogP contribution in [0.15, 0.2) is 67.4 Å². The lowest BCUT2D eigenvalue weighted by Crippen LogP contribution is -2.44. The number of hydrogen-bond acceptors (Lipinski definition) is 3. The van der Waals surface area contributed by atoms with Crippen LogP contribution in [0.25, 0.3) is 27.9 Å². The maximum Gasteiger partial charge on any atom is 0.0731 e. The van der Waals surface area contributed by atoms with E-state index in [0.29, 0.717) is 0 Å². The quantitative estimate of drug-likeness (QED) is 0.275. The van der Waals surface area contributed by atoms with Crippen molar-refractivity contribution >= 4 is 28.2 Å². The minimum Gasteiger partial charge on any atom is -0.372 e. The maximum absolute atomic E-state index is 6.69. The average molecular weight is 530 g/mol. The number of benzene rings is 2. The fourth-order valence-corrected chi connectivity index (χ4v) is 5.16. The highest BCUT2D eigenvalue weighted by molar-refractivity contribution is 6.35. The Morgan fingerprint density at radius 1 is 0.921 bits per heavy atom. The van der Waals surface area contributed by atoms with Crippen LogP contribution in [0.3, 0.4) is 0 Å². The molecule has 1 saturated carbocycles. The van der Waals surface area contributed by atoms with E-state index in [1.165, 1.54) is 44.1 Å². The van der Waals surface area contributed by atoms with Crippen molar-refractivity contribution in [1.82, 2.24) is 14.8 Å². The molecule has 5 rings (SSSR count). The number of pyridine rings is 1. The van der Waals surface area contributed by atoms with Crippen molar-refractivity contribution in [1.29, 1.82) is 0 Å². The van der Waals surface area contributed by atoms with E-state index in [-0.39, 0.29) is 0 Å². The van der Waals surface area contributed by atoms with E-state index in [4.69, 9.17) is 16.6 Å². The monoisotopic (exact) mass is 529 g/mol. The zero-order valence-corrected chi connectivity index (χ0v) is 24.4. The van der Waals surface area contributed by atoms with Crippen LogP contribution in [-0.4, -0.2) is 41.0 Å². The molecule has 1 saturated heterocycles. The van der Waals surface area contributed by atoms with Gasteiger partial charge in [0, 0.05) is 48.5 Å². The number of allylic oxidation sites excluding steroid dienone is 1. The van der Waals surface area contributed by atoms with Gasteiger partial charge in [-0.2, -0.15) is 0 Å². The maximum atomic E-state index is 6.69. The highest BCUT2D eigenvalue weighted by Gasteiger charge is 2.20. The molecule has 0 radical (unpaired) electrons. The third kappa shape index (κ3) is 7.41. The first-order valence-corrected chi connectivity index (χ1v) is 14.8. The molecule has 3 aromatic rings. The number of halogens is 1. The smallest absolute Gasteiger partial charge is 0.0731 e. The summed E-state index contributed by atoms with van der Waals surface area (Å²) in [5.74, 6) is 1.00. The number of nitrogens with zero attached hydrogens (tertiary/aromatic N) is 3. The summed E-state index contributed by atoms with van der Waals surface area (Å²) in [5, 5.41) is 1.71. The SMILES string of the molecule is C=C(C)N1CCN(C(=C)c2ccc3c(Cl)cc(-c4ccc(CCCC5CC5)cc4)nc3c2)CC1.CCCC. The zero-order valence-electron chi connectivity index (χ0n) is 23.6. The Hall–Kier alpha value is -2.78. The van der Waals surface area contributed by atoms with Gasteiger partial charge in [-0.05, 0) is 48.9 Å². The fraction of sp³-hybridized carbons (Fsp3) is 0.441. The van der Waals surface area contributed by atoms with Crippen LogP contribution >= 0.6 is 11.6 Å². The van der Waals surface area contributed by atoms with Gasteiger partial charge in [0.05, 0.1) is 16.2 Å². The summed E-state index contributed by atoms with van der Waals surface area (Å²) >= 11 is 6.69. The van der Waals surface area contributed by atoms with Crippen molar-refractivity contribution in [2.75, 3.05) is 26.2 Å². The van der Waals surface area contributed by atoms with Gasteiger partial charge in [-0.15, -0.1) is 0 Å². The van der Waals surface area contributed by atoms with Crippen LogP contribution in [0.4, 0.5) is 0 Å². The first-order chi connectivity index (χ1) is 18.4. The van der Waals surface area contributed by atoms with E-state index in [2.05, 4.69) is 86.2 Å². The molecule has 2 aromatic carbocycles. The van der Waals surface area contributed by atoms with E-state index in [0.717, 1.165) is 82.7 Å². The first kappa shape index (κ1) is 28.2. The molecule has 4 heteroatoms. The van der Waals surface area contributed by atoms with Gasteiger partial charge in [0.2, 0.25) is 0 Å². The lowest BCUT2D eigenvalue weighted by Gasteiger charge is -2.38. The molecule has 0 atom stereocenters. The van der Waals surface area contributed by atoms with Crippen molar-refractivity contribution in [3.8, 4) is 11.3 Å². The number of aromatic nitrogens is 1. The Bertz CT molecular complexity index is 1230. The molecule has 2 heterocycles.